The summed E-state index contributed by atoms with van der Waals surface area (Å²) < 4.78 is 0. The Bertz CT molecular complexity index is 855. The van der Waals surface area contributed by atoms with Gasteiger partial charge in [0.15, 0.2) is 0 Å². The van der Waals surface area contributed by atoms with E-state index in [1.165, 1.54) is 18.1 Å². The van der Waals surface area contributed by atoms with Crippen molar-refractivity contribution in [2.75, 3.05) is 18.0 Å². The van der Waals surface area contributed by atoms with Crippen LogP contribution >= 0.6 is 11.6 Å². The normalized spacial score (nSPS) is 13.3. The molecule has 27 heavy (non-hydrogen) atoms. The fourth-order valence-electron chi connectivity index (χ4n) is 3.75. The molecule has 0 bridgehead atoms. The molecule has 0 unspecified atom stereocenters. The zero-order chi connectivity index (χ0) is 19.6. The van der Waals surface area contributed by atoms with Crippen LogP contribution in [0.2, 0.25) is 5.02 Å². The first-order valence-electron chi connectivity index (χ1n) is 9.26. The van der Waals surface area contributed by atoms with Crippen molar-refractivity contribution in [3.05, 3.63) is 63.7 Å². The topological polar surface area (TPSA) is 40.6 Å². The summed E-state index contributed by atoms with van der Waals surface area (Å²) in [4.78, 5) is 28.5. The van der Waals surface area contributed by atoms with E-state index >= 15 is 0 Å². The number of nitrogens with zero attached hydrogens (tertiary/aromatic N) is 2. The van der Waals surface area contributed by atoms with Crippen LogP contribution in [0.15, 0.2) is 36.4 Å². The Balaban J connectivity index is 1.70. The van der Waals surface area contributed by atoms with Crippen LogP contribution in [0.25, 0.3) is 0 Å². The van der Waals surface area contributed by atoms with E-state index < -0.39 is 0 Å². The van der Waals surface area contributed by atoms with Crippen molar-refractivity contribution in [3.63, 3.8) is 0 Å². The van der Waals surface area contributed by atoms with Gasteiger partial charge in [-0.15, -0.1) is 0 Å². The Morgan fingerprint density at radius 3 is 2.52 bits per heavy atom. The molecular weight excluding hydrogens is 360 g/mol. The maximum absolute atomic E-state index is 12.7. The molecule has 0 saturated heterocycles. The lowest BCUT2D eigenvalue weighted by atomic mass is 10.00. The molecule has 2 amide bonds. The van der Waals surface area contributed by atoms with E-state index in [0.717, 1.165) is 24.1 Å². The molecule has 2 aromatic carbocycles. The van der Waals surface area contributed by atoms with E-state index in [1.54, 1.807) is 4.90 Å². The molecule has 0 aliphatic carbocycles. The highest BCUT2D eigenvalue weighted by molar-refractivity contribution is 6.34. The fraction of sp³-hybridized carbons (Fsp3) is 0.364. The van der Waals surface area contributed by atoms with Crippen molar-refractivity contribution in [2.24, 2.45) is 0 Å². The summed E-state index contributed by atoms with van der Waals surface area (Å²) in [5.74, 6) is -0.0442. The molecule has 0 radical (unpaired) electrons. The maximum Gasteiger partial charge on any atom is 0.224 e. The molecule has 0 saturated carbocycles. The molecule has 4 nitrogen and oxygen atoms in total. The molecule has 142 valence electrons. The highest BCUT2D eigenvalue weighted by Crippen LogP contribution is 2.31. The summed E-state index contributed by atoms with van der Waals surface area (Å²) in [6.07, 6.45) is 1.16. The third-order valence-electron chi connectivity index (χ3n) is 5.08. The minimum absolute atomic E-state index is 0.0663. The highest BCUT2D eigenvalue weighted by Gasteiger charge is 2.23. The fourth-order valence-corrected chi connectivity index (χ4v) is 4.17. The van der Waals surface area contributed by atoms with Crippen LogP contribution in [-0.4, -0.2) is 29.8 Å². The summed E-state index contributed by atoms with van der Waals surface area (Å²) in [7, 11) is 0. The molecule has 0 atom stereocenters. The molecule has 3 rings (SSSR count). The summed E-state index contributed by atoms with van der Waals surface area (Å²) in [6, 6.07) is 12.1. The third-order valence-corrected chi connectivity index (χ3v) is 5.37. The summed E-state index contributed by atoms with van der Waals surface area (Å²) in [5.41, 5.74) is 5.21. The molecule has 0 N–H and O–H groups in total. The van der Waals surface area contributed by atoms with Gasteiger partial charge in [-0.05, 0) is 48.6 Å². The summed E-state index contributed by atoms with van der Waals surface area (Å²) in [6.45, 7) is 7.11. The van der Waals surface area contributed by atoms with Gasteiger partial charge in [0, 0.05) is 33.0 Å². The second kappa shape index (κ2) is 8.13. The molecule has 2 aromatic rings. The van der Waals surface area contributed by atoms with Crippen LogP contribution in [-0.2, 0) is 22.6 Å². The van der Waals surface area contributed by atoms with Gasteiger partial charge in [-0.2, -0.15) is 0 Å². The number of hydrogen-bond donors (Lipinski definition) is 0. The molecule has 1 aliphatic rings. The average Bonchev–Trinajstić information content (AvgIpc) is 2.62. The van der Waals surface area contributed by atoms with E-state index in [1.807, 2.05) is 43.0 Å². The number of amides is 2. The van der Waals surface area contributed by atoms with E-state index in [-0.39, 0.29) is 18.2 Å². The number of rotatable bonds is 4. The van der Waals surface area contributed by atoms with Crippen LogP contribution in [0.4, 0.5) is 5.69 Å². The van der Waals surface area contributed by atoms with Gasteiger partial charge in [0.1, 0.15) is 0 Å². The van der Waals surface area contributed by atoms with Crippen LogP contribution in [0.1, 0.15) is 35.6 Å². The first-order chi connectivity index (χ1) is 12.9. The first-order valence-corrected chi connectivity index (χ1v) is 9.64. The smallest absolute Gasteiger partial charge is 0.224 e. The Morgan fingerprint density at radius 2 is 1.85 bits per heavy atom. The second-order valence-electron chi connectivity index (χ2n) is 7.17. The number of halogens is 1. The number of hydrogen-bond acceptors (Lipinski definition) is 2. The zero-order valence-electron chi connectivity index (χ0n) is 16.1. The molecule has 5 heteroatoms. The molecule has 0 aromatic heterocycles. The van der Waals surface area contributed by atoms with Gasteiger partial charge < -0.3 is 9.80 Å². The number of benzene rings is 2. The van der Waals surface area contributed by atoms with E-state index in [0.29, 0.717) is 23.8 Å². The van der Waals surface area contributed by atoms with E-state index in [9.17, 15) is 9.59 Å². The second-order valence-corrected chi connectivity index (χ2v) is 7.57. The van der Waals surface area contributed by atoms with Crippen LogP contribution in [0.3, 0.4) is 0 Å². The Hall–Kier alpha value is -2.33. The third kappa shape index (κ3) is 4.33. The Labute approximate surface area is 165 Å². The molecule has 0 fully saturated rings. The molecule has 1 aliphatic heterocycles. The van der Waals surface area contributed by atoms with Crippen molar-refractivity contribution in [1.29, 1.82) is 0 Å². The van der Waals surface area contributed by atoms with Crippen LogP contribution < -0.4 is 4.90 Å². The molecular formula is C22H25ClN2O2. The Kier molecular flexibility index (Phi) is 5.85. The predicted molar refractivity (Wildman–Crippen MR) is 109 cm³/mol. The summed E-state index contributed by atoms with van der Waals surface area (Å²) >= 11 is 6.40. The zero-order valence-corrected chi connectivity index (χ0v) is 16.8. The number of carbonyl (C=O) groups excluding carboxylic acids is 2. The van der Waals surface area contributed by atoms with Crippen molar-refractivity contribution in [3.8, 4) is 0 Å². The van der Waals surface area contributed by atoms with Gasteiger partial charge in [-0.1, -0.05) is 41.9 Å². The Morgan fingerprint density at radius 1 is 1.15 bits per heavy atom. The van der Waals surface area contributed by atoms with Gasteiger partial charge in [0.05, 0.1) is 10.7 Å². The van der Waals surface area contributed by atoms with E-state index in [2.05, 4.69) is 12.1 Å². The van der Waals surface area contributed by atoms with E-state index in [4.69, 9.17) is 11.6 Å². The van der Waals surface area contributed by atoms with Gasteiger partial charge >= 0.3 is 0 Å². The van der Waals surface area contributed by atoms with Crippen molar-refractivity contribution in [1.82, 2.24) is 4.90 Å². The SMILES string of the molecule is CC(=O)N(CCC(=O)N1CCc2ccccc2C1)c1c(C)cc(C)cc1Cl. The van der Waals surface area contributed by atoms with Crippen LogP contribution in [0.5, 0.6) is 0 Å². The lowest BCUT2D eigenvalue weighted by Gasteiger charge is -2.30. The standard InChI is InChI=1S/C22H25ClN2O2/c1-15-12-16(2)22(20(23)13-15)25(17(3)26)11-9-21(27)24-10-8-18-6-4-5-7-19(18)14-24/h4-7,12-13H,8-11,14H2,1-3H3. The van der Waals surface area contributed by atoms with Crippen LogP contribution in [0, 0.1) is 13.8 Å². The first kappa shape index (κ1) is 19.4. The highest BCUT2D eigenvalue weighted by atomic mass is 35.5. The van der Waals surface area contributed by atoms with Crippen molar-refractivity contribution in [2.45, 2.75) is 40.2 Å². The lowest BCUT2D eigenvalue weighted by Crippen LogP contribution is -2.39. The average molecular weight is 385 g/mol. The maximum atomic E-state index is 12.7. The molecule has 0 spiro atoms. The monoisotopic (exact) mass is 384 g/mol. The largest absolute Gasteiger partial charge is 0.338 e. The van der Waals surface area contributed by atoms with Gasteiger partial charge in [-0.3, -0.25) is 9.59 Å². The molecule has 1 heterocycles. The number of fused-ring (bicyclic) bond motifs is 1. The van der Waals surface area contributed by atoms with Gasteiger partial charge in [0.2, 0.25) is 11.8 Å². The van der Waals surface area contributed by atoms with Gasteiger partial charge in [0.25, 0.3) is 0 Å². The lowest BCUT2D eigenvalue weighted by molar-refractivity contribution is -0.131. The van der Waals surface area contributed by atoms with Gasteiger partial charge in [-0.25, -0.2) is 0 Å². The minimum atomic E-state index is -0.111. The quantitative estimate of drug-likeness (QED) is 0.789. The number of aryl methyl sites for hydroxylation is 2. The van der Waals surface area contributed by atoms with Crippen molar-refractivity contribution >= 4 is 29.1 Å². The predicted octanol–water partition coefficient (Wildman–Crippen LogP) is 4.28. The number of anilines is 1. The van der Waals surface area contributed by atoms with Crippen molar-refractivity contribution < 1.29 is 9.59 Å². The number of carbonyl (C=O) groups is 2. The summed E-state index contributed by atoms with van der Waals surface area (Å²) in [5, 5.41) is 0.544. The minimum Gasteiger partial charge on any atom is -0.338 e.